The molecule has 1 aromatic carbocycles. The van der Waals surface area contributed by atoms with Crippen LogP contribution in [-0.4, -0.2) is 33.7 Å². The second kappa shape index (κ2) is 8.33. The number of aromatic nitrogens is 2. The van der Waals surface area contributed by atoms with Gasteiger partial charge in [0.2, 0.25) is 6.10 Å². The van der Waals surface area contributed by atoms with Crippen LogP contribution in [0.25, 0.3) is 11.0 Å². The molecule has 1 aromatic heterocycles. The van der Waals surface area contributed by atoms with E-state index in [9.17, 15) is 14.4 Å². The number of benzene rings is 1. The predicted molar refractivity (Wildman–Crippen MR) is 99.3 cm³/mol. The predicted octanol–water partition coefficient (Wildman–Crippen LogP) is 2.38. The lowest BCUT2D eigenvalue weighted by molar-refractivity contribution is -0.160. The highest BCUT2D eigenvalue weighted by molar-refractivity contribution is 5.81. The summed E-state index contributed by atoms with van der Waals surface area (Å²) in [5.74, 6) is -1.04. The molecule has 7 heteroatoms. The molecule has 3 rings (SSSR count). The zero-order valence-corrected chi connectivity index (χ0v) is 15.6. The van der Waals surface area contributed by atoms with Crippen LogP contribution >= 0.6 is 0 Å². The lowest BCUT2D eigenvalue weighted by Gasteiger charge is -2.12. The first-order valence-electron chi connectivity index (χ1n) is 9.38. The Labute approximate surface area is 157 Å². The maximum absolute atomic E-state index is 12.8. The Kier molecular flexibility index (Phi) is 5.88. The molecule has 1 fully saturated rings. The van der Waals surface area contributed by atoms with Gasteiger partial charge in [0.1, 0.15) is 11.8 Å². The minimum Gasteiger partial charge on any atom is -0.460 e. The van der Waals surface area contributed by atoms with Crippen molar-refractivity contribution in [3.63, 3.8) is 0 Å². The van der Waals surface area contributed by atoms with Gasteiger partial charge in [-0.15, -0.1) is 0 Å². The van der Waals surface area contributed by atoms with Crippen molar-refractivity contribution in [2.45, 2.75) is 64.7 Å². The van der Waals surface area contributed by atoms with Crippen molar-refractivity contribution in [3.8, 4) is 0 Å². The number of fused-ring (bicyclic) bond motifs is 1. The fourth-order valence-electron chi connectivity index (χ4n) is 3.20. The van der Waals surface area contributed by atoms with Gasteiger partial charge in [0.15, 0.2) is 0 Å². The van der Waals surface area contributed by atoms with Crippen molar-refractivity contribution in [1.29, 1.82) is 0 Å². The van der Waals surface area contributed by atoms with Gasteiger partial charge < -0.3 is 14.0 Å². The highest BCUT2D eigenvalue weighted by atomic mass is 16.6. The van der Waals surface area contributed by atoms with E-state index in [4.69, 9.17) is 9.47 Å². The molecule has 0 bridgehead atoms. The normalized spacial score (nSPS) is 19.3. The Morgan fingerprint density at radius 1 is 1.33 bits per heavy atom. The molecule has 0 spiro atoms. The van der Waals surface area contributed by atoms with Gasteiger partial charge in [-0.1, -0.05) is 25.5 Å². The monoisotopic (exact) mass is 372 g/mol. The second-order valence-corrected chi connectivity index (χ2v) is 6.82. The van der Waals surface area contributed by atoms with Crippen molar-refractivity contribution in [1.82, 2.24) is 9.55 Å². The summed E-state index contributed by atoms with van der Waals surface area (Å²) in [6.45, 7) is 4.44. The summed E-state index contributed by atoms with van der Waals surface area (Å²) in [7, 11) is 0. The van der Waals surface area contributed by atoms with Crippen LogP contribution in [0.2, 0.25) is 0 Å². The van der Waals surface area contributed by atoms with Gasteiger partial charge in [0.05, 0.1) is 17.5 Å². The number of hydrogen-bond acceptors (Lipinski definition) is 6. The van der Waals surface area contributed by atoms with Crippen LogP contribution in [0.5, 0.6) is 0 Å². The van der Waals surface area contributed by atoms with E-state index in [1.165, 1.54) is 0 Å². The van der Waals surface area contributed by atoms with E-state index >= 15 is 0 Å². The first-order valence-corrected chi connectivity index (χ1v) is 9.38. The summed E-state index contributed by atoms with van der Waals surface area (Å²) in [6.07, 6.45) is 1.29. The summed E-state index contributed by atoms with van der Waals surface area (Å²) in [5, 5.41) is 0. The summed E-state index contributed by atoms with van der Waals surface area (Å²) in [6, 6.07) is 7.48. The van der Waals surface area contributed by atoms with Crippen LogP contribution in [0.4, 0.5) is 0 Å². The molecular weight excluding hydrogens is 348 g/mol. The van der Waals surface area contributed by atoms with E-state index in [-0.39, 0.29) is 24.5 Å². The molecule has 2 atom stereocenters. The van der Waals surface area contributed by atoms with Crippen molar-refractivity contribution in [2.75, 3.05) is 0 Å². The smallest absolute Gasteiger partial charge is 0.347 e. The fourth-order valence-corrected chi connectivity index (χ4v) is 3.20. The number of carbonyl (C=O) groups is 2. The summed E-state index contributed by atoms with van der Waals surface area (Å²) in [4.78, 5) is 40.9. The number of nitrogens with zero attached hydrogens (tertiary/aromatic N) is 2. The summed E-state index contributed by atoms with van der Waals surface area (Å²) < 4.78 is 11.9. The molecule has 2 aromatic rings. The first kappa shape index (κ1) is 19.1. The van der Waals surface area contributed by atoms with Crippen molar-refractivity contribution in [3.05, 3.63) is 40.3 Å². The van der Waals surface area contributed by atoms with E-state index in [0.717, 1.165) is 23.9 Å². The van der Waals surface area contributed by atoms with E-state index in [1.54, 1.807) is 11.5 Å². The molecule has 0 aliphatic carbocycles. The maximum Gasteiger partial charge on any atom is 0.347 e. The lowest BCUT2D eigenvalue weighted by atomic mass is 10.2. The van der Waals surface area contributed by atoms with Crippen LogP contribution in [0.15, 0.2) is 29.1 Å². The van der Waals surface area contributed by atoms with Crippen LogP contribution in [0.1, 0.15) is 45.2 Å². The van der Waals surface area contributed by atoms with E-state index in [0.29, 0.717) is 18.7 Å². The highest BCUT2D eigenvalue weighted by Gasteiger charge is 2.34. The zero-order valence-electron chi connectivity index (χ0n) is 15.6. The van der Waals surface area contributed by atoms with Gasteiger partial charge in [-0.25, -0.2) is 9.78 Å². The molecule has 1 aliphatic heterocycles. The number of aryl methyl sites for hydroxylation is 2. The van der Waals surface area contributed by atoms with Crippen molar-refractivity contribution >= 4 is 23.0 Å². The van der Waals surface area contributed by atoms with Crippen LogP contribution < -0.4 is 5.56 Å². The fraction of sp³-hybridized carbons (Fsp3) is 0.500. The molecule has 27 heavy (non-hydrogen) atoms. The molecule has 0 unspecified atom stereocenters. The molecule has 0 N–H and O–H groups in total. The highest BCUT2D eigenvalue weighted by Crippen LogP contribution is 2.18. The number of para-hydroxylation sites is 2. The van der Waals surface area contributed by atoms with Crippen LogP contribution in [0.3, 0.4) is 0 Å². The Bertz CT molecular complexity index is 905. The average molecular weight is 372 g/mol. The molecular formula is C20H24N2O5. The van der Waals surface area contributed by atoms with Gasteiger partial charge in [-0.3, -0.25) is 9.59 Å². The number of esters is 2. The Balaban J connectivity index is 1.74. The van der Waals surface area contributed by atoms with Crippen molar-refractivity contribution < 1.29 is 19.1 Å². The third-order valence-electron chi connectivity index (χ3n) is 4.62. The molecule has 144 valence electrons. The second-order valence-electron chi connectivity index (χ2n) is 6.82. The zero-order chi connectivity index (χ0) is 19.4. The molecule has 7 nitrogen and oxygen atoms in total. The molecule has 0 radical (unpaired) electrons. The van der Waals surface area contributed by atoms with Gasteiger partial charge in [-0.05, 0) is 25.5 Å². The minimum atomic E-state index is -0.849. The number of ether oxygens (including phenoxy) is 2. The topological polar surface area (TPSA) is 87.5 Å². The summed E-state index contributed by atoms with van der Waals surface area (Å²) >= 11 is 0. The number of rotatable bonds is 7. The third kappa shape index (κ3) is 4.35. The molecule has 0 amide bonds. The standard InChI is InChI=1S/C20H24N2O5/c1-3-4-11-22-16-8-6-5-7-14(16)21-15(19(22)24)9-10-18(23)27-17-12-13(2)26-20(17)25/h5-8,13,17H,3-4,9-12H2,1-2H3/t13-,17-/m0/s1. The summed E-state index contributed by atoms with van der Waals surface area (Å²) in [5.41, 5.74) is 1.68. The number of hydrogen-bond donors (Lipinski definition) is 0. The van der Waals surface area contributed by atoms with Gasteiger partial charge in [0.25, 0.3) is 5.56 Å². The van der Waals surface area contributed by atoms with Crippen LogP contribution in [-0.2, 0) is 32.0 Å². The quantitative estimate of drug-likeness (QED) is 0.694. The number of cyclic esters (lactones) is 1. The van der Waals surface area contributed by atoms with Crippen LogP contribution in [0, 0.1) is 0 Å². The van der Waals surface area contributed by atoms with E-state index < -0.39 is 18.0 Å². The Morgan fingerprint density at radius 2 is 2.11 bits per heavy atom. The van der Waals surface area contributed by atoms with E-state index in [1.807, 2.05) is 24.3 Å². The van der Waals surface area contributed by atoms with Gasteiger partial charge >= 0.3 is 11.9 Å². The molecule has 0 saturated carbocycles. The van der Waals surface area contributed by atoms with Gasteiger partial charge in [0, 0.05) is 19.4 Å². The van der Waals surface area contributed by atoms with Gasteiger partial charge in [-0.2, -0.15) is 0 Å². The molecule has 1 aliphatic rings. The van der Waals surface area contributed by atoms with Crippen molar-refractivity contribution in [2.24, 2.45) is 0 Å². The third-order valence-corrected chi connectivity index (χ3v) is 4.62. The lowest BCUT2D eigenvalue weighted by Crippen LogP contribution is -2.27. The largest absolute Gasteiger partial charge is 0.460 e. The number of unbranched alkanes of at least 4 members (excludes halogenated alkanes) is 1. The van der Waals surface area contributed by atoms with E-state index in [2.05, 4.69) is 11.9 Å². The average Bonchev–Trinajstić information content (AvgIpc) is 2.96. The molecule has 2 heterocycles. The Hall–Kier alpha value is -2.70. The SMILES string of the molecule is CCCCn1c(=O)c(CCC(=O)O[C@H]2C[C@H](C)OC2=O)nc2ccccc21. The Morgan fingerprint density at radius 3 is 2.81 bits per heavy atom. The molecule has 1 saturated heterocycles. The minimum absolute atomic E-state index is 0.00742. The first-order chi connectivity index (χ1) is 13.0. The maximum atomic E-state index is 12.8. The number of carbonyl (C=O) groups excluding carboxylic acids is 2.